The first-order valence-electron chi connectivity index (χ1n) is 3.34. The number of hydrogen-bond donors (Lipinski definition) is 0. The zero-order valence-electron chi connectivity index (χ0n) is 6.34. The number of benzene rings is 1. The summed E-state index contributed by atoms with van der Waals surface area (Å²) < 4.78 is -1.59. The van der Waals surface area contributed by atoms with Crippen LogP contribution in [0.15, 0.2) is 30.3 Å². The van der Waals surface area contributed by atoms with Gasteiger partial charge in [0.25, 0.3) is 0 Å². The normalized spacial score (nSPS) is 10.5. The fraction of sp³-hybridized carbons (Fsp3) is 0.125. The Morgan fingerprint density at radius 1 is 1.14 bits per heavy atom. The average molecular weight is 296 g/mol. The van der Waals surface area contributed by atoms with Gasteiger partial charge in [-0.1, -0.05) is 65.1 Å². The van der Waals surface area contributed by atoms with Gasteiger partial charge in [-0.3, -0.25) is 4.79 Å². The Bertz CT molecular complexity index is 299. The third kappa shape index (κ3) is 6.36. The molecule has 72 valence electrons. The summed E-state index contributed by atoms with van der Waals surface area (Å²) in [6.45, 7) is 0. The molecular weight excluding hydrogens is 290 g/mol. The van der Waals surface area contributed by atoms with Gasteiger partial charge in [-0.2, -0.15) is 0 Å². The van der Waals surface area contributed by atoms with Crippen molar-refractivity contribution in [3.63, 3.8) is 0 Å². The molecule has 6 heteroatoms. The molecule has 1 aromatic carbocycles. The molecule has 1 rings (SSSR count). The molecule has 0 aliphatic carbocycles. The van der Waals surface area contributed by atoms with Gasteiger partial charge in [0.2, 0.25) is 8.24 Å². The molecule has 0 spiro atoms. The van der Waals surface area contributed by atoms with Gasteiger partial charge in [-0.15, -0.1) is 0 Å². The summed E-state index contributed by atoms with van der Waals surface area (Å²) >= 11 is 17.0. The molecule has 0 saturated carbocycles. The summed E-state index contributed by atoms with van der Waals surface area (Å²) in [4.78, 5) is 11.4. The van der Waals surface area contributed by atoms with E-state index in [2.05, 4.69) is 0 Å². The zero-order chi connectivity index (χ0) is 9.90. The van der Waals surface area contributed by atoms with E-state index >= 15 is 0 Å². The van der Waals surface area contributed by atoms with E-state index < -0.39 is 3.12 Å². The molecule has 0 saturated heterocycles. The standard InChI is InChI=1S/C8H5Cl3OS.K.H/c9-8(10,11)13-7(12)6-4-2-1-3-5-6;;/h1-5H;;. The number of thioether (sulfide) groups is 1. The molecule has 0 aliphatic rings. The Labute approximate surface area is 144 Å². The molecule has 0 unspecified atom stereocenters. The summed E-state index contributed by atoms with van der Waals surface area (Å²) in [6, 6.07) is 8.67. The van der Waals surface area contributed by atoms with Crippen LogP contribution >= 0.6 is 46.6 Å². The average Bonchev–Trinajstić information content (AvgIpc) is 2.03. The molecule has 0 aromatic heterocycles. The zero-order valence-corrected chi connectivity index (χ0v) is 9.42. The fourth-order valence-electron chi connectivity index (χ4n) is 0.738. The van der Waals surface area contributed by atoms with Crippen molar-refractivity contribution < 1.29 is 4.79 Å². The maximum atomic E-state index is 11.4. The molecule has 0 aliphatic heterocycles. The first kappa shape index (κ1) is 15.7. The van der Waals surface area contributed by atoms with Gasteiger partial charge in [-0.05, 0) is 11.8 Å². The SMILES string of the molecule is O=C(SC(Cl)(Cl)Cl)c1ccccc1.[KH]. The van der Waals surface area contributed by atoms with Gasteiger partial charge >= 0.3 is 51.4 Å². The van der Waals surface area contributed by atoms with E-state index in [1.807, 2.05) is 6.07 Å². The van der Waals surface area contributed by atoms with E-state index in [9.17, 15) is 4.79 Å². The van der Waals surface area contributed by atoms with Crippen molar-refractivity contribution in [3.05, 3.63) is 35.9 Å². The van der Waals surface area contributed by atoms with E-state index in [0.29, 0.717) is 17.3 Å². The summed E-state index contributed by atoms with van der Waals surface area (Å²) in [5.41, 5.74) is 0.527. The third-order valence-corrected chi connectivity index (χ3v) is 2.56. The Hall–Kier alpha value is 1.75. The van der Waals surface area contributed by atoms with E-state index in [4.69, 9.17) is 34.8 Å². The Morgan fingerprint density at radius 3 is 2.07 bits per heavy atom. The van der Waals surface area contributed by atoms with E-state index in [1.165, 1.54) is 0 Å². The Balaban J connectivity index is 0.00000169. The predicted octanol–water partition coefficient (Wildman–Crippen LogP) is 3.24. The van der Waals surface area contributed by atoms with Crippen molar-refractivity contribution in [3.8, 4) is 0 Å². The molecule has 0 amide bonds. The van der Waals surface area contributed by atoms with Gasteiger partial charge in [0.1, 0.15) is 0 Å². The number of rotatable bonds is 1. The van der Waals surface area contributed by atoms with Crippen LogP contribution in [-0.2, 0) is 0 Å². The van der Waals surface area contributed by atoms with Crippen molar-refractivity contribution >= 4 is 103 Å². The molecule has 0 N–H and O–H groups in total. The predicted molar refractivity (Wildman–Crippen MR) is 65.8 cm³/mol. The number of halogens is 3. The molecular formula is C8H6Cl3KOS. The first-order valence-corrected chi connectivity index (χ1v) is 5.29. The maximum absolute atomic E-state index is 11.4. The van der Waals surface area contributed by atoms with E-state index in [1.54, 1.807) is 24.3 Å². The third-order valence-electron chi connectivity index (χ3n) is 1.22. The molecule has 0 fully saturated rings. The molecule has 0 bridgehead atoms. The molecule has 1 aromatic rings. The Morgan fingerprint density at radius 2 is 1.64 bits per heavy atom. The van der Waals surface area contributed by atoms with Gasteiger partial charge in [0.15, 0.2) is 0 Å². The molecule has 14 heavy (non-hydrogen) atoms. The number of alkyl halides is 3. The Kier molecular flexibility index (Phi) is 8.04. The van der Waals surface area contributed by atoms with Crippen molar-refractivity contribution in [2.45, 2.75) is 3.12 Å². The van der Waals surface area contributed by atoms with Crippen LogP contribution in [0.1, 0.15) is 10.4 Å². The quantitative estimate of drug-likeness (QED) is 0.584. The number of carbonyl (C=O) groups is 1. The summed E-state index contributed by atoms with van der Waals surface area (Å²) in [6.07, 6.45) is 0. The van der Waals surface area contributed by atoms with Crippen LogP contribution in [0, 0.1) is 0 Å². The van der Waals surface area contributed by atoms with Crippen LogP contribution in [-0.4, -0.2) is 59.6 Å². The van der Waals surface area contributed by atoms with Crippen molar-refractivity contribution in [2.24, 2.45) is 0 Å². The summed E-state index contributed by atoms with van der Waals surface area (Å²) in [5.74, 6) is 0. The van der Waals surface area contributed by atoms with Crippen LogP contribution in [0.3, 0.4) is 0 Å². The van der Waals surface area contributed by atoms with E-state index in [0.717, 1.165) is 0 Å². The van der Waals surface area contributed by atoms with Crippen LogP contribution < -0.4 is 0 Å². The second-order valence-corrected chi connectivity index (χ2v) is 6.34. The molecule has 0 radical (unpaired) electrons. The number of hydrogen-bond acceptors (Lipinski definition) is 2. The van der Waals surface area contributed by atoms with Crippen molar-refractivity contribution in [2.75, 3.05) is 0 Å². The van der Waals surface area contributed by atoms with Gasteiger partial charge in [-0.25, -0.2) is 0 Å². The van der Waals surface area contributed by atoms with Crippen LogP contribution in [0.5, 0.6) is 0 Å². The first-order chi connectivity index (χ1) is 5.99. The van der Waals surface area contributed by atoms with Gasteiger partial charge < -0.3 is 0 Å². The van der Waals surface area contributed by atoms with Crippen LogP contribution in [0.2, 0.25) is 0 Å². The van der Waals surface area contributed by atoms with Crippen molar-refractivity contribution in [1.29, 1.82) is 0 Å². The minimum absolute atomic E-state index is 0. The van der Waals surface area contributed by atoms with Crippen molar-refractivity contribution in [1.82, 2.24) is 0 Å². The van der Waals surface area contributed by atoms with Crippen LogP contribution in [0.25, 0.3) is 0 Å². The second-order valence-electron chi connectivity index (χ2n) is 2.20. The molecule has 0 heterocycles. The fourth-order valence-corrected chi connectivity index (χ4v) is 1.83. The molecule has 1 nitrogen and oxygen atoms in total. The van der Waals surface area contributed by atoms with Crippen LogP contribution in [0.4, 0.5) is 0 Å². The van der Waals surface area contributed by atoms with E-state index in [-0.39, 0.29) is 56.5 Å². The monoisotopic (exact) mass is 294 g/mol. The second kappa shape index (κ2) is 7.15. The van der Waals surface area contributed by atoms with Gasteiger partial charge in [0, 0.05) is 5.56 Å². The summed E-state index contributed by atoms with van der Waals surface area (Å²) in [7, 11) is 0. The minimum atomic E-state index is -1.59. The number of carbonyl (C=O) groups excluding carboxylic acids is 1. The van der Waals surface area contributed by atoms with Gasteiger partial charge in [0.05, 0.1) is 0 Å². The topological polar surface area (TPSA) is 17.1 Å². The molecule has 0 atom stereocenters. The summed E-state index contributed by atoms with van der Waals surface area (Å²) in [5, 5.41) is -0.249.